The van der Waals surface area contributed by atoms with E-state index in [0.717, 1.165) is 12.0 Å². The quantitative estimate of drug-likeness (QED) is 0.485. The summed E-state index contributed by atoms with van der Waals surface area (Å²) >= 11 is 0. The lowest BCUT2D eigenvalue weighted by Gasteiger charge is -2.05. The van der Waals surface area contributed by atoms with Gasteiger partial charge in [0.05, 0.1) is 0 Å². The lowest BCUT2D eigenvalue weighted by molar-refractivity contribution is -0.136. The first kappa shape index (κ1) is 14.0. The number of benzene rings is 1. The molecule has 18 heavy (non-hydrogen) atoms. The molecule has 0 saturated heterocycles. The van der Waals surface area contributed by atoms with Crippen molar-refractivity contribution in [3.8, 4) is 0 Å². The Morgan fingerprint density at radius 1 is 1.17 bits per heavy atom. The first-order valence-corrected chi connectivity index (χ1v) is 5.90. The van der Waals surface area contributed by atoms with Gasteiger partial charge in [-0.2, -0.15) is 0 Å². The van der Waals surface area contributed by atoms with E-state index in [1.54, 1.807) is 12.1 Å². The smallest absolute Gasteiger partial charge is 0.313 e. The lowest BCUT2D eigenvalue weighted by atomic mass is 10.2. The molecule has 4 heteroatoms. The van der Waals surface area contributed by atoms with Gasteiger partial charge in [-0.15, -0.1) is 0 Å². The zero-order valence-electron chi connectivity index (χ0n) is 10.7. The summed E-state index contributed by atoms with van der Waals surface area (Å²) in [5, 5.41) is 5.09. The summed E-state index contributed by atoms with van der Waals surface area (Å²) < 4.78 is 0. The van der Waals surface area contributed by atoms with E-state index in [-0.39, 0.29) is 0 Å². The molecule has 1 rings (SSSR count). The van der Waals surface area contributed by atoms with E-state index in [0.29, 0.717) is 12.2 Å². The lowest BCUT2D eigenvalue weighted by Crippen LogP contribution is -2.35. The van der Waals surface area contributed by atoms with Crippen molar-refractivity contribution in [2.75, 3.05) is 11.9 Å². The molecule has 2 N–H and O–H groups in total. The number of nitrogens with one attached hydrogen (secondary N) is 2. The van der Waals surface area contributed by atoms with E-state index < -0.39 is 11.8 Å². The van der Waals surface area contributed by atoms with Crippen molar-refractivity contribution in [2.24, 2.45) is 0 Å². The second kappa shape index (κ2) is 7.27. The van der Waals surface area contributed by atoms with Gasteiger partial charge in [-0.3, -0.25) is 9.59 Å². The van der Waals surface area contributed by atoms with Gasteiger partial charge in [0, 0.05) is 12.2 Å². The molecule has 0 aliphatic carbocycles. The van der Waals surface area contributed by atoms with Crippen molar-refractivity contribution < 1.29 is 9.59 Å². The average Bonchev–Trinajstić information content (AvgIpc) is 2.37. The molecule has 0 aliphatic rings. The summed E-state index contributed by atoms with van der Waals surface area (Å²) in [4.78, 5) is 23.0. The number of allylic oxidation sites excluding steroid dienone is 1. The van der Waals surface area contributed by atoms with Crippen LogP contribution in [0.5, 0.6) is 0 Å². The van der Waals surface area contributed by atoms with Crippen molar-refractivity contribution >= 4 is 17.5 Å². The molecule has 0 spiro atoms. The molecule has 2 amide bonds. The predicted octanol–water partition coefficient (Wildman–Crippen LogP) is 2.02. The number of aryl methyl sites for hydroxylation is 1. The van der Waals surface area contributed by atoms with Crippen molar-refractivity contribution in [3.05, 3.63) is 42.0 Å². The summed E-state index contributed by atoms with van der Waals surface area (Å²) in [5.41, 5.74) is 1.72. The average molecular weight is 246 g/mol. The van der Waals surface area contributed by atoms with Gasteiger partial charge >= 0.3 is 11.8 Å². The molecule has 1 aromatic rings. The van der Waals surface area contributed by atoms with Crippen LogP contribution in [-0.2, 0) is 9.59 Å². The molecule has 0 aliphatic heterocycles. The molecule has 96 valence electrons. The Morgan fingerprint density at radius 2 is 1.83 bits per heavy atom. The fraction of sp³-hybridized carbons (Fsp3) is 0.286. The van der Waals surface area contributed by atoms with Crippen LogP contribution in [0.3, 0.4) is 0 Å². The van der Waals surface area contributed by atoms with Crippen LogP contribution in [0.4, 0.5) is 5.69 Å². The van der Waals surface area contributed by atoms with Crippen molar-refractivity contribution in [1.82, 2.24) is 5.32 Å². The Labute approximate surface area is 107 Å². The van der Waals surface area contributed by atoms with E-state index in [1.807, 2.05) is 38.1 Å². The SMILES string of the molecule is C/C=C/CCNC(=O)C(=O)Nc1ccc(C)cc1. The third kappa shape index (κ3) is 4.82. The van der Waals surface area contributed by atoms with Gasteiger partial charge in [0.1, 0.15) is 0 Å². The van der Waals surface area contributed by atoms with E-state index in [9.17, 15) is 9.59 Å². The van der Waals surface area contributed by atoms with Crippen molar-refractivity contribution in [3.63, 3.8) is 0 Å². The standard InChI is InChI=1S/C14H18N2O2/c1-3-4-5-10-15-13(17)14(18)16-12-8-6-11(2)7-9-12/h3-4,6-9H,5,10H2,1-2H3,(H,15,17)(H,16,18)/b4-3+. The maximum Gasteiger partial charge on any atom is 0.313 e. The normalized spacial score (nSPS) is 10.3. The molecule has 0 saturated carbocycles. The minimum Gasteiger partial charge on any atom is -0.348 e. The molecule has 0 unspecified atom stereocenters. The van der Waals surface area contributed by atoms with Gasteiger partial charge in [0.25, 0.3) is 0 Å². The number of carbonyl (C=O) groups excluding carboxylic acids is 2. The van der Waals surface area contributed by atoms with Crippen LogP contribution in [0.15, 0.2) is 36.4 Å². The molecule has 4 nitrogen and oxygen atoms in total. The van der Waals surface area contributed by atoms with E-state index in [4.69, 9.17) is 0 Å². The Hall–Kier alpha value is -2.10. The van der Waals surface area contributed by atoms with Crippen molar-refractivity contribution in [1.29, 1.82) is 0 Å². The zero-order chi connectivity index (χ0) is 13.4. The molecule has 0 heterocycles. The number of amides is 2. The van der Waals surface area contributed by atoms with E-state index in [2.05, 4.69) is 10.6 Å². The topological polar surface area (TPSA) is 58.2 Å². The van der Waals surface area contributed by atoms with Gasteiger partial charge < -0.3 is 10.6 Å². The third-order valence-electron chi connectivity index (χ3n) is 2.35. The molecule has 0 aromatic heterocycles. The van der Waals surface area contributed by atoms with Gasteiger partial charge in [-0.05, 0) is 32.4 Å². The molecule has 0 radical (unpaired) electrons. The van der Waals surface area contributed by atoms with Crippen molar-refractivity contribution in [2.45, 2.75) is 20.3 Å². The number of anilines is 1. The van der Waals surface area contributed by atoms with Gasteiger partial charge in [-0.1, -0.05) is 29.8 Å². The van der Waals surface area contributed by atoms with E-state index in [1.165, 1.54) is 0 Å². The Balaban J connectivity index is 2.40. The molecule has 0 atom stereocenters. The molecule has 0 fully saturated rings. The number of rotatable bonds is 4. The Bertz CT molecular complexity index is 436. The summed E-state index contributed by atoms with van der Waals surface area (Å²) in [6, 6.07) is 7.28. The maximum absolute atomic E-state index is 11.5. The van der Waals surface area contributed by atoms with Crippen LogP contribution in [0.25, 0.3) is 0 Å². The third-order valence-corrected chi connectivity index (χ3v) is 2.35. The highest BCUT2D eigenvalue weighted by atomic mass is 16.2. The largest absolute Gasteiger partial charge is 0.348 e. The summed E-state index contributed by atoms with van der Waals surface area (Å²) in [6.07, 6.45) is 4.55. The van der Waals surface area contributed by atoms with Gasteiger partial charge in [0.2, 0.25) is 0 Å². The highest BCUT2D eigenvalue weighted by Crippen LogP contribution is 2.08. The summed E-state index contributed by atoms with van der Waals surface area (Å²) in [6.45, 7) is 4.33. The molecule has 1 aromatic carbocycles. The number of hydrogen-bond donors (Lipinski definition) is 2. The fourth-order valence-corrected chi connectivity index (χ4v) is 1.34. The second-order valence-electron chi connectivity index (χ2n) is 3.93. The van der Waals surface area contributed by atoms with Crippen LogP contribution in [0, 0.1) is 6.92 Å². The highest BCUT2D eigenvalue weighted by Gasteiger charge is 2.12. The molecular weight excluding hydrogens is 228 g/mol. The maximum atomic E-state index is 11.5. The van der Waals surface area contributed by atoms with Crippen LogP contribution in [0.1, 0.15) is 18.9 Å². The zero-order valence-corrected chi connectivity index (χ0v) is 10.7. The van der Waals surface area contributed by atoms with E-state index >= 15 is 0 Å². The van der Waals surface area contributed by atoms with Gasteiger partial charge in [0.15, 0.2) is 0 Å². The predicted molar refractivity (Wildman–Crippen MR) is 72.2 cm³/mol. The minimum absolute atomic E-state index is 0.463. The van der Waals surface area contributed by atoms with Gasteiger partial charge in [-0.25, -0.2) is 0 Å². The summed E-state index contributed by atoms with van der Waals surface area (Å²) in [7, 11) is 0. The van der Waals surface area contributed by atoms with Crippen LogP contribution >= 0.6 is 0 Å². The first-order valence-electron chi connectivity index (χ1n) is 5.90. The molecular formula is C14H18N2O2. The minimum atomic E-state index is -0.640. The number of hydrogen-bond acceptors (Lipinski definition) is 2. The Kier molecular flexibility index (Phi) is 5.64. The summed E-state index contributed by atoms with van der Waals surface area (Å²) in [5.74, 6) is -1.25. The second-order valence-corrected chi connectivity index (χ2v) is 3.93. The fourth-order valence-electron chi connectivity index (χ4n) is 1.34. The Morgan fingerprint density at radius 3 is 2.44 bits per heavy atom. The first-order chi connectivity index (χ1) is 8.63. The highest BCUT2D eigenvalue weighted by molar-refractivity contribution is 6.39. The van der Waals surface area contributed by atoms with Crippen LogP contribution < -0.4 is 10.6 Å². The van der Waals surface area contributed by atoms with Crippen LogP contribution in [0.2, 0.25) is 0 Å². The monoisotopic (exact) mass is 246 g/mol. The molecule has 0 bridgehead atoms. The number of carbonyl (C=O) groups is 2. The van der Waals surface area contributed by atoms with Crippen LogP contribution in [-0.4, -0.2) is 18.4 Å².